The molecule has 0 bridgehead atoms. The predicted octanol–water partition coefficient (Wildman–Crippen LogP) is 0.535. The van der Waals surface area contributed by atoms with Crippen LogP contribution in [-0.4, -0.2) is 24.5 Å². The van der Waals surface area contributed by atoms with Gasteiger partial charge in [0, 0.05) is 12.7 Å². The van der Waals surface area contributed by atoms with Crippen molar-refractivity contribution in [1.82, 2.24) is 0 Å². The van der Waals surface area contributed by atoms with Gasteiger partial charge in [0.2, 0.25) is 0 Å². The largest absolute Gasteiger partial charge is 0.424 e. The van der Waals surface area contributed by atoms with E-state index < -0.39 is 17.4 Å². The van der Waals surface area contributed by atoms with E-state index in [9.17, 15) is 9.59 Å². The van der Waals surface area contributed by atoms with Crippen LogP contribution in [0.15, 0.2) is 12.2 Å². The van der Waals surface area contributed by atoms with Crippen molar-refractivity contribution in [3.05, 3.63) is 12.2 Å². The zero-order valence-corrected chi connectivity index (χ0v) is 7.76. The van der Waals surface area contributed by atoms with Crippen molar-refractivity contribution in [2.75, 3.05) is 7.11 Å². The van der Waals surface area contributed by atoms with Gasteiger partial charge in [-0.1, -0.05) is 19.2 Å². The van der Waals surface area contributed by atoms with Gasteiger partial charge >= 0.3 is 5.97 Å². The number of hydrogen-bond donors (Lipinski definition) is 1. The molecule has 1 unspecified atom stereocenters. The average Bonchev–Trinajstić information content (AvgIpc) is 1.98. The van der Waals surface area contributed by atoms with Gasteiger partial charge in [-0.25, -0.2) is 4.79 Å². The molecule has 0 aliphatic heterocycles. The van der Waals surface area contributed by atoms with Crippen molar-refractivity contribution in [1.29, 1.82) is 0 Å². The van der Waals surface area contributed by atoms with Gasteiger partial charge in [-0.15, -0.1) is 0 Å². The van der Waals surface area contributed by atoms with Crippen LogP contribution in [0.2, 0.25) is 0 Å². The normalized spacial score (nSPS) is 11.9. The summed E-state index contributed by atoms with van der Waals surface area (Å²) in [5.74, 6) is -0.677. The maximum absolute atomic E-state index is 10.8. The van der Waals surface area contributed by atoms with Crippen molar-refractivity contribution in [3.8, 4) is 0 Å². The number of carbonyl (C=O) groups excluding carboxylic acids is 2. The molecule has 0 spiro atoms. The second-order valence-corrected chi connectivity index (χ2v) is 2.53. The Morgan fingerprint density at radius 1 is 1.50 bits per heavy atom. The summed E-state index contributed by atoms with van der Waals surface area (Å²) in [7, 11) is 1.24. The Kier molecular flexibility index (Phi) is 4.61. The number of hydrogen-bond acceptors (Lipinski definition) is 4. The highest BCUT2D eigenvalue weighted by molar-refractivity contribution is 7.96. The Morgan fingerprint density at radius 2 is 2.00 bits per heavy atom. The van der Waals surface area contributed by atoms with E-state index in [2.05, 4.69) is 28.7 Å². The molecule has 12 heavy (non-hydrogen) atoms. The van der Waals surface area contributed by atoms with Gasteiger partial charge in [0.15, 0.2) is 0 Å². The summed E-state index contributed by atoms with van der Waals surface area (Å²) in [6.45, 7) is 4.81. The molecule has 0 aliphatic carbocycles. The van der Waals surface area contributed by atoms with Gasteiger partial charge in [0.05, 0.1) is 0 Å². The molecule has 0 amide bonds. The smallest absolute Gasteiger partial charge is 0.335 e. The number of methoxy groups -OCH3 is 1. The van der Waals surface area contributed by atoms with E-state index in [0.29, 0.717) is 0 Å². The first kappa shape index (κ1) is 11.2. The molecule has 0 rings (SSSR count). The molecule has 1 atom stereocenters. The van der Waals surface area contributed by atoms with E-state index in [-0.39, 0.29) is 5.57 Å². The highest BCUT2D eigenvalue weighted by atomic mass is 32.1. The van der Waals surface area contributed by atoms with E-state index in [1.807, 2.05) is 0 Å². The van der Waals surface area contributed by atoms with Crippen LogP contribution in [-0.2, 0) is 19.1 Å². The minimum absolute atomic E-state index is 0.201. The molecular formula is C7H10O4S. The van der Waals surface area contributed by atoms with E-state index in [1.54, 1.807) is 0 Å². The lowest BCUT2D eigenvalue weighted by molar-refractivity contribution is -0.172. The SMILES string of the molecule is C=C(C)C(=O)OC(OC)C(=O)S. The van der Waals surface area contributed by atoms with Crippen molar-refractivity contribution >= 4 is 23.7 Å². The standard InChI is InChI=1S/C7H10O4S/c1-4(2)5(8)11-7(10-3)6(9)12/h7H,1H2,2-3H3,(H,9,12). The number of ether oxygens (including phenoxy) is 2. The summed E-state index contributed by atoms with van der Waals surface area (Å²) in [6.07, 6.45) is -1.25. The topological polar surface area (TPSA) is 52.6 Å². The van der Waals surface area contributed by atoms with Gasteiger partial charge in [0.25, 0.3) is 11.4 Å². The molecule has 0 aromatic heterocycles. The Labute approximate surface area is 75.9 Å². The molecule has 0 aromatic rings. The van der Waals surface area contributed by atoms with Crippen LogP contribution in [0, 0.1) is 0 Å². The molecule has 0 radical (unpaired) electrons. The second-order valence-electron chi connectivity index (χ2n) is 2.09. The zero-order valence-electron chi connectivity index (χ0n) is 6.86. The Morgan fingerprint density at radius 3 is 2.25 bits per heavy atom. The van der Waals surface area contributed by atoms with Gasteiger partial charge in [-0.3, -0.25) is 4.79 Å². The third-order valence-electron chi connectivity index (χ3n) is 0.978. The van der Waals surface area contributed by atoms with Crippen LogP contribution in [0.25, 0.3) is 0 Å². The van der Waals surface area contributed by atoms with Crippen LogP contribution in [0.4, 0.5) is 0 Å². The first-order chi connectivity index (χ1) is 5.49. The van der Waals surface area contributed by atoms with Crippen LogP contribution >= 0.6 is 12.6 Å². The fourth-order valence-electron chi connectivity index (χ4n) is 0.397. The third kappa shape index (κ3) is 3.54. The first-order valence-electron chi connectivity index (χ1n) is 3.11. The molecule has 0 heterocycles. The van der Waals surface area contributed by atoms with Gasteiger partial charge < -0.3 is 9.47 Å². The van der Waals surface area contributed by atoms with Crippen LogP contribution in [0.3, 0.4) is 0 Å². The minimum atomic E-state index is -1.25. The Bertz CT molecular complexity index is 211. The lowest BCUT2D eigenvalue weighted by Crippen LogP contribution is -2.25. The summed E-state index contributed by atoms with van der Waals surface area (Å²) in [5.41, 5.74) is 0.201. The van der Waals surface area contributed by atoms with Gasteiger partial charge in [-0.05, 0) is 6.92 Å². The van der Waals surface area contributed by atoms with Crippen molar-refractivity contribution in [3.63, 3.8) is 0 Å². The van der Waals surface area contributed by atoms with E-state index >= 15 is 0 Å². The summed E-state index contributed by atoms with van der Waals surface area (Å²) >= 11 is 3.45. The van der Waals surface area contributed by atoms with Gasteiger partial charge in [0.1, 0.15) is 0 Å². The quantitative estimate of drug-likeness (QED) is 0.304. The number of esters is 1. The molecule has 5 heteroatoms. The summed E-state index contributed by atoms with van der Waals surface area (Å²) < 4.78 is 9.06. The number of thiol groups is 1. The fraction of sp³-hybridized carbons (Fsp3) is 0.429. The molecule has 0 fully saturated rings. The van der Waals surface area contributed by atoms with E-state index in [4.69, 9.17) is 0 Å². The molecule has 0 saturated carbocycles. The molecule has 0 N–H and O–H groups in total. The fourth-order valence-corrected chi connectivity index (χ4v) is 0.555. The monoisotopic (exact) mass is 190 g/mol. The predicted molar refractivity (Wildman–Crippen MR) is 45.7 cm³/mol. The highest BCUT2D eigenvalue weighted by Gasteiger charge is 2.19. The lowest BCUT2D eigenvalue weighted by Gasteiger charge is -2.11. The molecule has 4 nitrogen and oxygen atoms in total. The minimum Gasteiger partial charge on any atom is -0.424 e. The summed E-state index contributed by atoms with van der Waals surface area (Å²) in [5, 5.41) is -0.660. The second kappa shape index (κ2) is 4.95. The molecule has 0 saturated heterocycles. The first-order valence-corrected chi connectivity index (χ1v) is 3.56. The molecule has 0 aromatic carbocycles. The zero-order chi connectivity index (χ0) is 9.72. The Hall–Kier alpha value is -0.810. The van der Waals surface area contributed by atoms with E-state index in [0.717, 1.165) is 0 Å². The van der Waals surface area contributed by atoms with E-state index in [1.165, 1.54) is 14.0 Å². The molecule has 0 aliphatic rings. The van der Waals surface area contributed by atoms with Crippen molar-refractivity contribution in [2.24, 2.45) is 0 Å². The average molecular weight is 190 g/mol. The molecular weight excluding hydrogens is 180 g/mol. The number of rotatable bonds is 4. The molecule has 68 valence electrons. The van der Waals surface area contributed by atoms with Crippen molar-refractivity contribution in [2.45, 2.75) is 13.2 Å². The summed E-state index contributed by atoms with van der Waals surface area (Å²) in [6, 6.07) is 0. The number of carbonyl (C=O) groups is 2. The van der Waals surface area contributed by atoms with Crippen LogP contribution in [0.1, 0.15) is 6.92 Å². The third-order valence-corrected chi connectivity index (χ3v) is 1.19. The lowest BCUT2D eigenvalue weighted by atomic mass is 10.4. The van der Waals surface area contributed by atoms with Crippen LogP contribution < -0.4 is 0 Å². The Balaban J connectivity index is 4.12. The maximum atomic E-state index is 10.8. The maximum Gasteiger partial charge on any atom is 0.335 e. The van der Waals surface area contributed by atoms with Crippen LogP contribution in [0.5, 0.6) is 0 Å². The van der Waals surface area contributed by atoms with Gasteiger partial charge in [-0.2, -0.15) is 0 Å². The summed E-state index contributed by atoms with van der Waals surface area (Å²) in [4.78, 5) is 21.4. The van der Waals surface area contributed by atoms with Crippen molar-refractivity contribution < 1.29 is 19.1 Å². The highest BCUT2D eigenvalue weighted by Crippen LogP contribution is 2.02.